The Morgan fingerprint density at radius 1 is 1.26 bits per heavy atom. The molecule has 1 aliphatic rings. The second-order valence-electron chi connectivity index (χ2n) is 8.00. The molecule has 1 saturated heterocycles. The number of carbonyl (C=O) groups excluding carboxylic acids is 2. The van der Waals surface area contributed by atoms with Crippen LogP contribution < -0.4 is 16.2 Å². The van der Waals surface area contributed by atoms with Gasteiger partial charge in [0.25, 0.3) is 17.4 Å². The Kier molecular flexibility index (Phi) is 6.32. The predicted molar refractivity (Wildman–Crippen MR) is 117 cm³/mol. The first-order valence-corrected chi connectivity index (χ1v) is 10.4. The maximum absolute atomic E-state index is 13.1. The lowest BCUT2D eigenvalue weighted by Gasteiger charge is -2.40. The molecule has 0 spiro atoms. The van der Waals surface area contributed by atoms with Crippen LogP contribution in [0, 0.1) is 5.82 Å². The van der Waals surface area contributed by atoms with Gasteiger partial charge in [-0.05, 0) is 24.6 Å². The number of halogens is 1. The third-order valence-corrected chi connectivity index (χ3v) is 5.47. The van der Waals surface area contributed by atoms with Crippen LogP contribution in [0.3, 0.4) is 0 Å². The quantitative estimate of drug-likeness (QED) is 0.418. The molecule has 34 heavy (non-hydrogen) atoms. The van der Waals surface area contributed by atoms with E-state index < -0.39 is 34.3 Å². The van der Waals surface area contributed by atoms with Gasteiger partial charge < -0.3 is 25.6 Å². The molecule has 1 aromatic carbocycles. The number of piperazine rings is 1. The van der Waals surface area contributed by atoms with Gasteiger partial charge in [-0.3, -0.25) is 19.4 Å². The van der Waals surface area contributed by atoms with E-state index in [-0.39, 0.29) is 30.5 Å². The monoisotopic (exact) mass is 467 g/mol. The first-order chi connectivity index (χ1) is 16.3. The summed E-state index contributed by atoms with van der Waals surface area (Å²) in [6, 6.07) is 5.52. The van der Waals surface area contributed by atoms with Gasteiger partial charge in [0, 0.05) is 38.6 Å². The van der Waals surface area contributed by atoms with Crippen LogP contribution in [0.5, 0.6) is 5.75 Å². The third kappa shape index (κ3) is 4.76. The molecule has 0 aliphatic carbocycles. The molecule has 12 heteroatoms. The van der Waals surface area contributed by atoms with E-state index in [1.165, 1.54) is 42.9 Å². The van der Waals surface area contributed by atoms with Crippen LogP contribution in [0.1, 0.15) is 39.3 Å². The molecule has 1 unspecified atom stereocenters. The van der Waals surface area contributed by atoms with Gasteiger partial charge in [0.05, 0.1) is 11.7 Å². The largest absolute Gasteiger partial charge is 0.501 e. The summed E-state index contributed by atoms with van der Waals surface area (Å²) in [6.45, 7) is 2.65. The number of carbonyl (C=O) groups is 2. The Labute approximate surface area is 193 Å². The van der Waals surface area contributed by atoms with E-state index >= 15 is 0 Å². The van der Waals surface area contributed by atoms with Crippen molar-refractivity contribution in [2.45, 2.75) is 19.0 Å². The molecule has 0 radical (unpaired) electrons. The average molecular weight is 467 g/mol. The van der Waals surface area contributed by atoms with Gasteiger partial charge in [-0.15, -0.1) is 0 Å². The number of hydrogen-bond acceptors (Lipinski definition) is 8. The highest BCUT2D eigenvalue weighted by Gasteiger charge is 2.38. The number of H-pyrrole nitrogens is 1. The standard InChI is InChI=1S/C22H22FN7O4/c1-22(12-30(9-8-27-22)20(34)15-11-24-6-7-25-15)21-28-16(17(31)19(33)29-21)18(32)26-10-13-2-4-14(23)5-3-13/h2-7,11,27,31H,8-10,12H2,1H3,(H,26,32)(H,28,29,33). The Bertz CT molecular complexity index is 1270. The first kappa shape index (κ1) is 23.0. The Balaban J connectivity index is 1.56. The van der Waals surface area contributed by atoms with Crippen LogP contribution >= 0.6 is 0 Å². The van der Waals surface area contributed by atoms with Gasteiger partial charge in [0.15, 0.2) is 5.69 Å². The van der Waals surface area contributed by atoms with Crippen molar-refractivity contribution < 1.29 is 19.1 Å². The highest BCUT2D eigenvalue weighted by Crippen LogP contribution is 2.23. The van der Waals surface area contributed by atoms with Gasteiger partial charge in [-0.2, -0.15) is 0 Å². The minimum absolute atomic E-state index is 0.0400. The van der Waals surface area contributed by atoms with Crippen LogP contribution in [-0.4, -0.2) is 61.4 Å². The number of aromatic amines is 1. The zero-order chi connectivity index (χ0) is 24.3. The van der Waals surface area contributed by atoms with E-state index in [0.717, 1.165) is 0 Å². The fourth-order valence-corrected chi connectivity index (χ4v) is 3.64. The molecule has 1 atom stereocenters. The molecule has 0 bridgehead atoms. The fraction of sp³-hybridized carbons (Fsp3) is 0.273. The van der Waals surface area contributed by atoms with Gasteiger partial charge in [-0.1, -0.05) is 12.1 Å². The molecule has 176 valence electrons. The zero-order valence-corrected chi connectivity index (χ0v) is 18.2. The van der Waals surface area contributed by atoms with Crippen molar-refractivity contribution in [2.75, 3.05) is 19.6 Å². The van der Waals surface area contributed by atoms with Crippen LogP contribution in [0.15, 0.2) is 47.7 Å². The Morgan fingerprint density at radius 2 is 2.03 bits per heavy atom. The van der Waals surface area contributed by atoms with Crippen LogP contribution in [0.2, 0.25) is 0 Å². The van der Waals surface area contributed by atoms with Crippen LogP contribution in [0.25, 0.3) is 0 Å². The van der Waals surface area contributed by atoms with E-state index in [1.807, 2.05) is 0 Å². The molecule has 3 heterocycles. The van der Waals surface area contributed by atoms with E-state index in [4.69, 9.17) is 0 Å². The lowest BCUT2D eigenvalue weighted by atomic mass is 9.97. The maximum Gasteiger partial charge on any atom is 0.293 e. The van der Waals surface area contributed by atoms with Gasteiger partial charge >= 0.3 is 0 Å². The van der Waals surface area contributed by atoms with Crippen LogP contribution in [0.4, 0.5) is 4.39 Å². The smallest absolute Gasteiger partial charge is 0.293 e. The SMILES string of the molecule is CC1(c2nc(C(=O)NCc3ccc(F)cc3)c(O)c(=O)[nH]2)CN(C(=O)c2cnccn2)CCN1. The predicted octanol–water partition coefficient (Wildman–Crippen LogP) is 0.295. The van der Waals surface area contributed by atoms with Crippen molar-refractivity contribution in [3.05, 3.63) is 81.8 Å². The number of nitrogens with zero attached hydrogens (tertiary/aromatic N) is 4. The van der Waals surface area contributed by atoms with Crippen LogP contribution in [-0.2, 0) is 12.1 Å². The minimum atomic E-state index is -1.02. The van der Waals surface area contributed by atoms with E-state index in [9.17, 15) is 23.9 Å². The summed E-state index contributed by atoms with van der Waals surface area (Å²) < 4.78 is 13.1. The van der Waals surface area contributed by atoms with Gasteiger partial charge in [-0.25, -0.2) is 14.4 Å². The minimum Gasteiger partial charge on any atom is -0.501 e. The fourth-order valence-electron chi connectivity index (χ4n) is 3.64. The summed E-state index contributed by atoms with van der Waals surface area (Å²) in [5.41, 5.74) is -1.56. The molecule has 3 aromatic rings. The highest BCUT2D eigenvalue weighted by molar-refractivity contribution is 5.94. The van der Waals surface area contributed by atoms with E-state index in [2.05, 4.69) is 30.6 Å². The lowest BCUT2D eigenvalue weighted by molar-refractivity contribution is 0.0616. The van der Waals surface area contributed by atoms with Crippen molar-refractivity contribution in [1.29, 1.82) is 0 Å². The molecule has 2 amide bonds. The second-order valence-corrected chi connectivity index (χ2v) is 8.00. The lowest BCUT2D eigenvalue weighted by Crippen LogP contribution is -2.59. The normalized spacial score (nSPS) is 17.9. The van der Waals surface area contributed by atoms with Crippen molar-refractivity contribution in [3.63, 3.8) is 0 Å². The zero-order valence-electron chi connectivity index (χ0n) is 18.2. The average Bonchev–Trinajstić information content (AvgIpc) is 2.85. The Hall–Kier alpha value is -4.19. The van der Waals surface area contributed by atoms with Gasteiger partial charge in [0.1, 0.15) is 17.3 Å². The van der Waals surface area contributed by atoms with E-state index in [1.54, 1.807) is 11.8 Å². The molecule has 1 fully saturated rings. The molecular weight excluding hydrogens is 445 g/mol. The summed E-state index contributed by atoms with van der Waals surface area (Å²) in [4.78, 5) is 54.1. The number of hydrogen-bond donors (Lipinski definition) is 4. The number of benzene rings is 1. The second kappa shape index (κ2) is 9.35. The number of rotatable bonds is 5. The van der Waals surface area contributed by atoms with Crippen molar-refractivity contribution >= 4 is 11.8 Å². The van der Waals surface area contributed by atoms with Gasteiger partial charge in [0.2, 0.25) is 5.75 Å². The third-order valence-electron chi connectivity index (χ3n) is 5.47. The molecular formula is C22H22FN7O4. The number of nitrogens with one attached hydrogen (secondary N) is 3. The molecule has 11 nitrogen and oxygen atoms in total. The van der Waals surface area contributed by atoms with E-state index in [0.29, 0.717) is 18.7 Å². The molecule has 2 aromatic heterocycles. The highest BCUT2D eigenvalue weighted by atomic mass is 19.1. The topological polar surface area (TPSA) is 153 Å². The summed E-state index contributed by atoms with van der Waals surface area (Å²) in [5, 5.41) is 16.0. The van der Waals surface area contributed by atoms with Crippen molar-refractivity contribution in [3.8, 4) is 5.75 Å². The summed E-state index contributed by atoms with van der Waals surface area (Å²) in [7, 11) is 0. The molecule has 4 rings (SSSR count). The number of aromatic nitrogens is 4. The van der Waals surface area contributed by atoms with Crippen molar-refractivity contribution in [1.82, 2.24) is 35.5 Å². The summed E-state index contributed by atoms with van der Waals surface area (Å²) in [5.74, 6) is -2.26. The number of aromatic hydroxyl groups is 1. The molecule has 0 saturated carbocycles. The number of amides is 2. The summed E-state index contributed by atoms with van der Waals surface area (Å²) >= 11 is 0. The maximum atomic E-state index is 13.1. The molecule has 1 aliphatic heterocycles. The Morgan fingerprint density at radius 3 is 2.74 bits per heavy atom. The first-order valence-electron chi connectivity index (χ1n) is 10.4. The molecule has 4 N–H and O–H groups in total. The van der Waals surface area contributed by atoms with Crippen molar-refractivity contribution in [2.24, 2.45) is 0 Å². The summed E-state index contributed by atoms with van der Waals surface area (Å²) in [6.07, 6.45) is 4.25.